The monoisotopic (exact) mass is 341 g/mol. The van der Waals surface area contributed by atoms with E-state index in [0.29, 0.717) is 37.7 Å². The van der Waals surface area contributed by atoms with Crippen molar-refractivity contribution in [3.05, 3.63) is 5.82 Å². The molecule has 8 heteroatoms. The van der Waals surface area contributed by atoms with E-state index in [2.05, 4.69) is 34.1 Å². The van der Waals surface area contributed by atoms with Crippen LogP contribution in [0.15, 0.2) is 0 Å². The third-order valence-corrected chi connectivity index (χ3v) is 3.29. The first-order valence-corrected chi connectivity index (χ1v) is 8.65. The SMILES string of the molecule is CCCCOCNc1nc(C)nc(N(COCCCC)C(C)O)n1. The van der Waals surface area contributed by atoms with Gasteiger partial charge in [0.2, 0.25) is 11.9 Å². The summed E-state index contributed by atoms with van der Waals surface area (Å²) in [6.45, 7) is 9.57. The maximum Gasteiger partial charge on any atom is 0.234 e. The number of nitrogens with one attached hydrogen (secondary N) is 1. The van der Waals surface area contributed by atoms with Crippen LogP contribution in [-0.2, 0) is 9.47 Å². The fourth-order valence-electron chi connectivity index (χ4n) is 1.85. The third-order valence-electron chi connectivity index (χ3n) is 3.29. The van der Waals surface area contributed by atoms with Crippen molar-refractivity contribution in [2.24, 2.45) is 0 Å². The van der Waals surface area contributed by atoms with Crippen molar-refractivity contribution >= 4 is 11.9 Å². The summed E-state index contributed by atoms with van der Waals surface area (Å²) in [7, 11) is 0. The van der Waals surface area contributed by atoms with Gasteiger partial charge in [0, 0.05) is 13.2 Å². The molecule has 24 heavy (non-hydrogen) atoms. The third kappa shape index (κ3) is 7.85. The van der Waals surface area contributed by atoms with E-state index in [-0.39, 0.29) is 6.73 Å². The minimum Gasteiger partial charge on any atom is -0.374 e. The number of aliphatic hydroxyl groups is 1. The van der Waals surface area contributed by atoms with Crippen LogP contribution in [-0.4, -0.2) is 53.0 Å². The first-order valence-electron chi connectivity index (χ1n) is 8.65. The first-order chi connectivity index (χ1) is 11.6. The summed E-state index contributed by atoms with van der Waals surface area (Å²) < 4.78 is 11.0. The highest BCUT2D eigenvalue weighted by atomic mass is 16.5. The Morgan fingerprint density at radius 2 is 1.75 bits per heavy atom. The molecule has 1 aromatic heterocycles. The number of anilines is 2. The topological polar surface area (TPSA) is 92.6 Å². The number of aliphatic hydroxyl groups excluding tert-OH is 1. The van der Waals surface area contributed by atoms with Crippen molar-refractivity contribution < 1.29 is 14.6 Å². The Kier molecular flexibility index (Phi) is 10.2. The molecule has 138 valence electrons. The summed E-state index contributed by atoms with van der Waals surface area (Å²) in [5.74, 6) is 1.37. The van der Waals surface area contributed by atoms with Crippen molar-refractivity contribution in [3.8, 4) is 0 Å². The fraction of sp³-hybridized carbons (Fsp3) is 0.812. The highest BCUT2D eigenvalue weighted by Gasteiger charge is 2.17. The van der Waals surface area contributed by atoms with Crippen molar-refractivity contribution in [1.82, 2.24) is 15.0 Å². The van der Waals surface area contributed by atoms with E-state index in [9.17, 15) is 5.11 Å². The zero-order valence-electron chi connectivity index (χ0n) is 15.3. The van der Waals surface area contributed by atoms with Crippen LogP contribution in [0.25, 0.3) is 0 Å². The van der Waals surface area contributed by atoms with E-state index in [1.165, 1.54) is 0 Å². The molecule has 8 nitrogen and oxygen atoms in total. The second kappa shape index (κ2) is 11.9. The number of ether oxygens (including phenoxy) is 2. The zero-order valence-corrected chi connectivity index (χ0v) is 15.3. The van der Waals surface area contributed by atoms with Crippen LogP contribution in [0.3, 0.4) is 0 Å². The summed E-state index contributed by atoms with van der Waals surface area (Å²) in [4.78, 5) is 14.5. The van der Waals surface area contributed by atoms with Gasteiger partial charge in [-0.2, -0.15) is 15.0 Å². The molecule has 0 aliphatic rings. The molecule has 0 saturated carbocycles. The van der Waals surface area contributed by atoms with E-state index in [1.54, 1.807) is 18.7 Å². The number of aromatic nitrogens is 3. The molecule has 0 aliphatic heterocycles. The Balaban J connectivity index is 2.65. The van der Waals surface area contributed by atoms with Gasteiger partial charge in [0.05, 0.1) is 0 Å². The molecule has 0 amide bonds. The van der Waals surface area contributed by atoms with Crippen LogP contribution in [0.5, 0.6) is 0 Å². The highest BCUT2D eigenvalue weighted by Crippen LogP contribution is 2.13. The Bertz CT molecular complexity index is 459. The van der Waals surface area contributed by atoms with Crippen LogP contribution in [0.1, 0.15) is 52.3 Å². The molecular weight excluding hydrogens is 310 g/mol. The second-order valence-corrected chi connectivity index (χ2v) is 5.58. The highest BCUT2D eigenvalue weighted by molar-refractivity contribution is 5.36. The van der Waals surface area contributed by atoms with Crippen LogP contribution >= 0.6 is 0 Å². The summed E-state index contributed by atoms with van der Waals surface area (Å²) >= 11 is 0. The lowest BCUT2D eigenvalue weighted by molar-refractivity contribution is 0.0884. The van der Waals surface area contributed by atoms with Gasteiger partial charge >= 0.3 is 0 Å². The van der Waals surface area contributed by atoms with Crippen LogP contribution in [0, 0.1) is 6.92 Å². The molecule has 1 atom stereocenters. The summed E-state index contributed by atoms with van der Waals surface area (Å²) in [6, 6.07) is 0. The van der Waals surface area contributed by atoms with Gasteiger partial charge in [-0.3, -0.25) is 4.90 Å². The molecule has 0 saturated heterocycles. The lowest BCUT2D eigenvalue weighted by Crippen LogP contribution is -2.37. The molecule has 0 fully saturated rings. The molecule has 2 N–H and O–H groups in total. The van der Waals surface area contributed by atoms with Crippen LogP contribution in [0.4, 0.5) is 11.9 Å². The quantitative estimate of drug-likeness (QED) is 0.417. The van der Waals surface area contributed by atoms with Crippen molar-refractivity contribution in [1.29, 1.82) is 0 Å². The Labute approximate surface area is 144 Å². The molecule has 0 aliphatic carbocycles. The Morgan fingerprint density at radius 3 is 2.38 bits per heavy atom. The molecule has 0 spiro atoms. The summed E-state index contributed by atoms with van der Waals surface area (Å²) in [5.41, 5.74) is 0. The molecular formula is C16H31N5O3. The van der Waals surface area contributed by atoms with Crippen LogP contribution in [0.2, 0.25) is 0 Å². The van der Waals surface area contributed by atoms with Gasteiger partial charge in [0.1, 0.15) is 25.5 Å². The molecule has 1 unspecified atom stereocenters. The number of hydrogen-bond donors (Lipinski definition) is 2. The average molecular weight is 341 g/mol. The van der Waals surface area contributed by atoms with Crippen molar-refractivity contribution in [2.45, 2.75) is 59.6 Å². The number of nitrogens with zero attached hydrogens (tertiary/aromatic N) is 4. The molecule has 0 radical (unpaired) electrons. The first kappa shape index (κ1) is 20.5. The normalized spacial score (nSPS) is 12.2. The number of unbranched alkanes of at least 4 members (excludes halogenated alkanes) is 2. The predicted molar refractivity (Wildman–Crippen MR) is 93.8 cm³/mol. The molecule has 1 heterocycles. The van der Waals surface area contributed by atoms with Crippen molar-refractivity contribution in [2.75, 3.05) is 36.9 Å². The number of hydrogen-bond acceptors (Lipinski definition) is 8. The summed E-state index contributed by atoms with van der Waals surface area (Å²) in [5, 5.41) is 13.0. The van der Waals surface area contributed by atoms with Gasteiger partial charge < -0.3 is 19.9 Å². The minimum atomic E-state index is -0.762. The predicted octanol–water partition coefficient (Wildman–Crippen LogP) is 2.29. The summed E-state index contributed by atoms with van der Waals surface area (Å²) in [6.07, 6.45) is 3.39. The lowest BCUT2D eigenvalue weighted by Gasteiger charge is -2.25. The van der Waals surface area contributed by atoms with Gasteiger partial charge in [-0.05, 0) is 26.7 Å². The lowest BCUT2D eigenvalue weighted by atomic mass is 10.4. The van der Waals surface area contributed by atoms with Gasteiger partial charge in [-0.1, -0.05) is 26.7 Å². The van der Waals surface area contributed by atoms with Crippen molar-refractivity contribution in [3.63, 3.8) is 0 Å². The molecule has 1 rings (SSSR count). The van der Waals surface area contributed by atoms with Gasteiger partial charge in [-0.15, -0.1) is 0 Å². The van der Waals surface area contributed by atoms with Crippen LogP contribution < -0.4 is 10.2 Å². The molecule has 0 aromatic carbocycles. The molecule has 0 bridgehead atoms. The Hall–Kier alpha value is -1.51. The number of rotatable bonds is 13. The van der Waals surface area contributed by atoms with E-state index in [1.807, 2.05) is 0 Å². The van der Waals surface area contributed by atoms with E-state index in [4.69, 9.17) is 9.47 Å². The fourth-order valence-corrected chi connectivity index (χ4v) is 1.85. The average Bonchev–Trinajstić information content (AvgIpc) is 2.53. The molecule has 1 aromatic rings. The van der Waals surface area contributed by atoms with Gasteiger partial charge in [0.15, 0.2) is 0 Å². The number of aryl methyl sites for hydroxylation is 1. The maximum atomic E-state index is 9.98. The second-order valence-electron chi connectivity index (χ2n) is 5.58. The standard InChI is InChI=1S/C16H31N5O3/c1-5-7-9-23-11-17-15-18-13(3)19-16(20-15)21(14(4)22)12-24-10-8-6-2/h14,22H,5-12H2,1-4H3,(H,17,18,19,20). The van der Waals surface area contributed by atoms with Gasteiger partial charge in [-0.25, -0.2) is 0 Å². The zero-order chi connectivity index (χ0) is 17.8. The van der Waals surface area contributed by atoms with E-state index < -0.39 is 6.23 Å². The van der Waals surface area contributed by atoms with E-state index in [0.717, 1.165) is 25.7 Å². The van der Waals surface area contributed by atoms with E-state index >= 15 is 0 Å². The largest absolute Gasteiger partial charge is 0.374 e. The Morgan fingerprint density at radius 1 is 1.08 bits per heavy atom. The van der Waals surface area contributed by atoms with Gasteiger partial charge in [0.25, 0.3) is 0 Å². The smallest absolute Gasteiger partial charge is 0.234 e. The maximum absolute atomic E-state index is 9.98. The minimum absolute atomic E-state index is 0.230.